The fourth-order valence-electron chi connectivity index (χ4n) is 0.253. The highest BCUT2D eigenvalue weighted by Gasteiger charge is 1.96. The van der Waals surface area contributed by atoms with E-state index in [1.54, 1.807) is 6.92 Å². The molecule has 0 bridgehead atoms. The molecule has 8 heavy (non-hydrogen) atoms. The Morgan fingerprint density at radius 1 is 1.50 bits per heavy atom. The number of nitrogens with one attached hydrogen (secondary N) is 1. The molecule has 0 aromatic carbocycles. The lowest BCUT2D eigenvalue weighted by molar-refractivity contribution is 0.147. The summed E-state index contributed by atoms with van der Waals surface area (Å²) in [5.74, 6) is 0. The van der Waals surface area contributed by atoms with Crippen molar-refractivity contribution in [1.82, 2.24) is 5.32 Å². The Hall–Kier alpha value is 0.110. The lowest BCUT2D eigenvalue weighted by Crippen LogP contribution is -2.20. The first-order chi connectivity index (χ1) is 3.27. The van der Waals surface area contributed by atoms with Gasteiger partial charge < -0.3 is 5.32 Å². The molecule has 0 aliphatic carbocycles. The first-order valence-corrected chi connectivity index (χ1v) is 2.26. The first kappa shape index (κ1) is 11.0. The molecule has 0 aromatic heterocycles. The molecule has 0 atom stereocenters. The third kappa shape index (κ3) is 9.44. The summed E-state index contributed by atoms with van der Waals surface area (Å²) in [6, 6.07) is 0. The smallest absolute Gasteiger partial charge is 0.250 e. The molecule has 1 nitrogen and oxygen atoms in total. The van der Waals surface area contributed by atoms with Gasteiger partial charge in [0.1, 0.15) is 0 Å². The van der Waals surface area contributed by atoms with Crippen molar-refractivity contribution < 1.29 is 8.78 Å². The van der Waals surface area contributed by atoms with Gasteiger partial charge >= 0.3 is 0 Å². The van der Waals surface area contributed by atoms with Gasteiger partial charge in [-0.15, -0.1) is 12.4 Å². The molecule has 0 rings (SSSR count). The largest absolute Gasteiger partial charge is 0.312 e. The minimum Gasteiger partial charge on any atom is -0.312 e. The third-order valence-electron chi connectivity index (χ3n) is 0.549. The van der Waals surface area contributed by atoms with Gasteiger partial charge in [0, 0.05) is 0 Å². The second-order valence-corrected chi connectivity index (χ2v) is 1.20. The van der Waals surface area contributed by atoms with E-state index in [1.807, 2.05) is 0 Å². The number of hydrogen-bond acceptors (Lipinski definition) is 1. The molecule has 0 heterocycles. The molecule has 0 aromatic rings. The number of rotatable bonds is 3. The first-order valence-electron chi connectivity index (χ1n) is 2.26. The summed E-state index contributed by atoms with van der Waals surface area (Å²) in [5, 5.41) is 2.50. The van der Waals surface area contributed by atoms with E-state index in [0.717, 1.165) is 0 Å². The average Bonchev–Trinajstić information content (AvgIpc) is 1.61. The van der Waals surface area contributed by atoms with Gasteiger partial charge in [-0.3, -0.25) is 0 Å². The minimum absolute atomic E-state index is 0. The Balaban J connectivity index is 0. The normalized spacial score (nSPS) is 9.00. The van der Waals surface area contributed by atoms with Crippen molar-refractivity contribution in [3.8, 4) is 0 Å². The standard InChI is InChI=1S/C4H9F2N.ClH/c1-2-7-3-4(5)6;/h4,7H,2-3H2,1H3;1H. The maximum absolute atomic E-state index is 11.2. The van der Waals surface area contributed by atoms with Crippen LogP contribution < -0.4 is 5.32 Å². The Morgan fingerprint density at radius 3 is 2.12 bits per heavy atom. The van der Waals surface area contributed by atoms with Crippen LogP contribution in [0.1, 0.15) is 6.92 Å². The predicted octanol–water partition coefficient (Wildman–Crippen LogP) is 1.28. The number of hydrogen-bond donors (Lipinski definition) is 1. The van der Waals surface area contributed by atoms with Crippen LogP contribution in [0.3, 0.4) is 0 Å². The zero-order valence-electron chi connectivity index (χ0n) is 4.66. The molecular formula is C4H10ClF2N. The number of alkyl halides is 2. The van der Waals surface area contributed by atoms with Crippen molar-refractivity contribution in [3.05, 3.63) is 0 Å². The van der Waals surface area contributed by atoms with Crippen LogP contribution in [-0.2, 0) is 0 Å². The van der Waals surface area contributed by atoms with Crippen LogP contribution in [0.15, 0.2) is 0 Å². The van der Waals surface area contributed by atoms with Crippen LogP contribution in [0.5, 0.6) is 0 Å². The summed E-state index contributed by atoms with van der Waals surface area (Å²) in [6.07, 6.45) is -2.21. The molecule has 0 spiro atoms. The Morgan fingerprint density at radius 2 is 2.00 bits per heavy atom. The van der Waals surface area contributed by atoms with Gasteiger partial charge in [-0.1, -0.05) is 6.92 Å². The monoisotopic (exact) mass is 145 g/mol. The van der Waals surface area contributed by atoms with Crippen LogP contribution in [0.2, 0.25) is 0 Å². The Kier molecular flexibility index (Phi) is 9.76. The molecule has 0 aliphatic rings. The fraction of sp³-hybridized carbons (Fsp3) is 1.00. The van der Waals surface area contributed by atoms with Gasteiger partial charge in [0.25, 0.3) is 6.43 Å². The van der Waals surface area contributed by atoms with Crippen molar-refractivity contribution in [2.24, 2.45) is 0 Å². The van der Waals surface area contributed by atoms with Crippen molar-refractivity contribution in [2.45, 2.75) is 13.3 Å². The second-order valence-electron chi connectivity index (χ2n) is 1.20. The quantitative estimate of drug-likeness (QED) is 0.631. The van der Waals surface area contributed by atoms with Crippen LogP contribution in [0, 0.1) is 0 Å². The van der Waals surface area contributed by atoms with E-state index in [2.05, 4.69) is 5.32 Å². The van der Waals surface area contributed by atoms with Crippen molar-refractivity contribution >= 4 is 12.4 Å². The summed E-state index contributed by atoms with van der Waals surface area (Å²) in [7, 11) is 0. The average molecular weight is 146 g/mol. The van der Waals surface area contributed by atoms with Crippen molar-refractivity contribution in [2.75, 3.05) is 13.1 Å². The van der Waals surface area contributed by atoms with E-state index in [9.17, 15) is 8.78 Å². The number of halogens is 3. The molecule has 4 heteroatoms. The molecule has 0 aliphatic heterocycles. The highest BCUT2D eigenvalue weighted by Crippen LogP contribution is 1.85. The molecule has 0 saturated heterocycles. The van der Waals surface area contributed by atoms with Crippen molar-refractivity contribution in [3.63, 3.8) is 0 Å². The molecule has 0 fully saturated rings. The molecule has 0 amide bonds. The highest BCUT2D eigenvalue weighted by atomic mass is 35.5. The highest BCUT2D eigenvalue weighted by molar-refractivity contribution is 5.85. The zero-order valence-corrected chi connectivity index (χ0v) is 5.47. The summed E-state index contributed by atoms with van der Waals surface area (Å²) in [6.45, 7) is 2.23. The van der Waals surface area contributed by atoms with E-state index in [0.29, 0.717) is 6.54 Å². The van der Waals surface area contributed by atoms with E-state index >= 15 is 0 Å². The van der Waals surface area contributed by atoms with Crippen LogP contribution in [0.25, 0.3) is 0 Å². The second kappa shape index (κ2) is 7.11. The summed E-state index contributed by atoms with van der Waals surface area (Å²) in [5.41, 5.74) is 0. The lowest BCUT2D eigenvalue weighted by Gasteiger charge is -1.95. The third-order valence-corrected chi connectivity index (χ3v) is 0.549. The zero-order chi connectivity index (χ0) is 5.70. The maximum Gasteiger partial charge on any atom is 0.250 e. The molecule has 0 unspecified atom stereocenters. The maximum atomic E-state index is 11.2. The van der Waals surface area contributed by atoms with Crippen LogP contribution in [-0.4, -0.2) is 19.5 Å². The molecule has 0 saturated carbocycles. The molecule has 52 valence electrons. The minimum atomic E-state index is -2.21. The van der Waals surface area contributed by atoms with Crippen molar-refractivity contribution in [1.29, 1.82) is 0 Å². The van der Waals surface area contributed by atoms with Gasteiger partial charge in [0.05, 0.1) is 6.54 Å². The predicted molar refractivity (Wildman–Crippen MR) is 31.8 cm³/mol. The van der Waals surface area contributed by atoms with Crippen LogP contribution >= 0.6 is 12.4 Å². The molecule has 1 N–H and O–H groups in total. The summed E-state index contributed by atoms with van der Waals surface area (Å²) in [4.78, 5) is 0. The fourth-order valence-corrected chi connectivity index (χ4v) is 0.253. The van der Waals surface area contributed by atoms with E-state index in [4.69, 9.17) is 0 Å². The van der Waals surface area contributed by atoms with Crippen LogP contribution in [0.4, 0.5) is 8.78 Å². The van der Waals surface area contributed by atoms with Gasteiger partial charge in [-0.25, -0.2) is 8.78 Å². The van der Waals surface area contributed by atoms with E-state index in [-0.39, 0.29) is 19.0 Å². The van der Waals surface area contributed by atoms with Gasteiger partial charge in [0.2, 0.25) is 0 Å². The van der Waals surface area contributed by atoms with Gasteiger partial charge in [-0.2, -0.15) is 0 Å². The summed E-state index contributed by atoms with van der Waals surface area (Å²) >= 11 is 0. The topological polar surface area (TPSA) is 12.0 Å². The van der Waals surface area contributed by atoms with E-state index in [1.165, 1.54) is 0 Å². The summed E-state index contributed by atoms with van der Waals surface area (Å²) < 4.78 is 22.3. The molecule has 0 radical (unpaired) electrons. The SMILES string of the molecule is CCNCC(F)F.Cl. The molecular weight excluding hydrogens is 136 g/mol. The van der Waals surface area contributed by atoms with Gasteiger partial charge in [-0.05, 0) is 6.54 Å². The van der Waals surface area contributed by atoms with Gasteiger partial charge in [0.15, 0.2) is 0 Å². The Labute approximate surface area is 53.9 Å². The lowest BCUT2D eigenvalue weighted by atomic mass is 10.6. The van der Waals surface area contributed by atoms with E-state index < -0.39 is 6.43 Å². The Bertz CT molecular complexity index is 43.0.